The van der Waals surface area contributed by atoms with Gasteiger partial charge in [-0.2, -0.15) is 13.2 Å². The number of rotatable bonds is 1. The molecule has 1 aromatic rings. The summed E-state index contributed by atoms with van der Waals surface area (Å²) in [6.45, 7) is 0.672. The average Bonchev–Trinajstić information content (AvgIpc) is 2.29. The summed E-state index contributed by atoms with van der Waals surface area (Å²) in [4.78, 5) is 3.42. The lowest BCUT2D eigenvalue weighted by Gasteiger charge is -2.22. The molecule has 0 aliphatic carbocycles. The van der Waals surface area contributed by atoms with Gasteiger partial charge in [-0.25, -0.2) is 0 Å². The SMILES string of the molecule is FC(F)(F)c1ccc(C2CCCCO2)cn1. The lowest BCUT2D eigenvalue weighted by molar-refractivity contribution is -0.141. The Morgan fingerprint density at radius 2 is 2.06 bits per heavy atom. The van der Waals surface area contributed by atoms with Crippen LogP contribution in [0.25, 0.3) is 0 Å². The van der Waals surface area contributed by atoms with Gasteiger partial charge in [0.15, 0.2) is 0 Å². The summed E-state index contributed by atoms with van der Waals surface area (Å²) in [7, 11) is 0. The van der Waals surface area contributed by atoms with Gasteiger partial charge in [0.1, 0.15) is 5.69 Å². The fraction of sp³-hybridized carbons (Fsp3) is 0.545. The van der Waals surface area contributed by atoms with Gasteiger partial charge < -0.3 is 4.74 Å². The molecule has 1 aliphatic rings. The van der Waals surface area contributed by atoms with E-state index in [0.717, 1.165) is 30.9 Å². The molecule has 1 aromatic heterocycles. The number of hydrogen-bond acceptors (Lipinski definition) is 2. The largest absolute Gasteiger partial charge is 0.433 e. The standard InChI is InChI=1S/C11H12F3NO/c12-11(13,14)10-5-4-8(7-15-10)9-3-1-2-6-16-9/h4-5,7,9H,1-3,6H2. The minimum atomic E-state index is -4.37. The zero-order valence-electron chi connectivity index (χ0n) is 8.63. The minimum absolute atomic E-state index is 0.0940. The van der Waals surface area contributed by atoms with Gasteiger partial charge in [-0.15, -0.1) is 0 Å². The molecular formula is C11H12F3NO. The van der Waals surface area contributed by atoms with E-state index in [1.807, 2.05) is 0 Å². The number of ether oxygens (including phenoxy) is 1. The van der Waals surface area contributed by atoms with E-state index in [1.165, 1.54) is 12.3 Å². The van der Waals surface area contributed by atoms with Gasteiger partial charge in [-0.1, -0.05) is 6.07 Å². The number of halogens is 3. The first-order chi connectivity index (χ1) is 7.57. The van der Waals surface area contributed by atoms with Crippen molar-refractivity contribution in [3.05, 3.63) is 29.6 Å². The number of nitrogens with zero attached hydrogens (tertiary/aromatic N) is 1. The molecule has 16 heavy (non-hydrogen) atoms. The van der Waals surface area contributed by atoms with E-state index >= 15 is 0 Å². The Bertz CT molecular complexity index is 341. The average molecular weight is 231 g/mol. The number of hydrogen-bond donors (Lipinski definition) is 0. The highest BCUT2D eigenvalue weighted by Crippen LogP contribution is 2.30. The van der Waals surface area contributed by atoms with Crippen molar-refractivity contribution in [2.75, 3.05) is 6.61 Å². The molecule has 0 bridgehead atoms. The van der Waals surface area contributed by atoms with E-state index in [4.69, 9.17) is 4.74 Å². The molecule has 0 aromatic carbocycles. The lowest BCUT2D eigenvalue weighted by atomic mass is 10.0. The molecule has 1 fully saturated rings. The summed E-state index contributed by atoms with van der Waals surface area (Å²) in [5.41, 5.74) is -0.125. The second kappa shape index (κ2) is 4.41. The zero-order chi connectivity index (χ0) is 11.6. The fourth-order valence-corrected chi connectivity index (χ4v) is 1.77. The Kier molecular flexibility index (Phi) is 3.14. The van der Waals surface area contributed by atoms with Crippen molar-refractivity contribution < 1.29 is 17.9 Å². The van der Waals surface area contributed by atoms with Crippen LogP contribution < -0.4 is 0 Å². The van der Waals surface area contributed by atoms with Gasteiger partial charge in [0, 0.05) is 12.8 Å². The second-order valence-corrected chi connectivity index (χ2v) is 3.83. The number of aromatic nitrogens is 1. The monoisotopic (exact) mass is 231 g/mol. The second-order valence-electron chi connectivity index (χ2n) is 3.83. The summed E-state index contributed by atoms with van der Waals surface area (Å²) in [6, 6.07) is 2.46. The van der Waals surface area contributed by atoms with Gasteiger partial charge in [0.05, 0.1) is 6.10 Å². The van der Waals surface area contributed by atoms with Crippen LogP contribution in [0.2, 0.25) is 0 Å². The van der Waals surface area contributed by atoms with Crippen LogP contribution in [0, 0.1) is 0 Å². The van der Waals surface area contributed by atoms with Crippen LogP contribution in [0.4, 0.5) is 13.2 Å². The van der Waals surface area contributed by atoms with Crippen LogP contribution in [-0.4, -0.2) is 11.6 Å². The molecule has 1 saturated heterocycles. The van der Waals surface area contributed by atoms with E-state index in [2.05, 4.69) is 4.98 Å². The van der Waals surface area contributed by atoms with Crippen LogP contribution in [-0.2, 0) is 10.9 Å². The van der Waals surface area contributed by atoms with Crippen molar-refractivity contribution in [1.82, 2.24) is 4.98 Å². The molecule has 2 nitrogen and oxygen atoms in total. The molecule has 88 valence electrons. The zero-order valence-corrected chi connectivity index (χ0v) is 8.63. The van der Waals surface area contributed by atoms with Crippen molar-refractivity contribution in [3.63, 3.8) is 0 Å². The van der Waals surface area contributed by atoms with Gasteiger partial charge >= 0.3 is 6.18 Å². The van der Waals surface area contributed by atoms with Crippen LogP contribution in [0.1, 0.15) is 36.6 Å². The van der Waals surface area contributed by atoms with Gasteiger partial charge in [-0.3, -0.25) is 4.98 Å². The third-order valence-electron chi connectivity index (χ3n) is 2.63. The van der Waals surface area contributed by atoms with E-state index in [0.29, 0.717) is 6.61 Å². The first kappa shape index (κ1) is 11.4. The van der Waals surface area contributed by atoms with Crippen LogP contribution in [0.3, 0.4) is 0 Å². The maximum absolute atomic E-state index is 12.3. The molecule has 1 aliphatic heterocycles. The third kappa shape index (κ3) is 2.52. The predicted octanol–water partition coefficient (Wildman–Crippen LogP) is 3.34. The number of alkyl halides is 3. The van der Waals surface area contributed by atoms with E-state index in [9.17, 15) is 13.2 Å². The Morgan fingerprint density at radius 3 is 2.56 bits per heavy atom. The summed E-state index contributed by atoms with van der Waals surface area (Å²) >= 11 is 0. The van der Waals surface area contributed by atoms with E-state index in [-0.39, 0.29) is 6.10 Å². The molecule has 0 spiro atoms. The van der Waals surface area contributed by atoms with Crippen molar-refractivity contribution in [3.8, 4) is 0 Å². The molecular weight excluding hydrogens is 219 g/mol. The molecule has 0 N–H and O–H groups in total. The molecule has 1 unspecified atom stereocenters. The summed E-state index contributed by atoms with van der Waals surface area (Å²) in [6.07, 6.45) is -0.280. The first-order valence-corrected chi connectivity index (χ1v) is 5.22. The highest BCUT2D eigenvalue weighted by atomic mass is 19.4. The van der Waals surface area contributed by atoms with Crippen LogP contribution in [0.5, 0.6) is 0 Å². The summed E-state index contributed by atoms with van der Waals surface area (Å²) in [5, 5.41) is 0. The topological polar surface area (TPSA) is 22.1 Å². The maximum atomic E-state index is 12.3. The summed E-state index contributed by atoms with van der Waals surface area (Å²) < 4.78 is 42.3. The Morgan fingerprint density at radius 1 is 1.25 bits per heavy atom. The maximum Gasteiger partial charge on any atom is 0.433 e. The van der Waals surface area contributed by atoms with Crippen LogP contribution >= 0.6 is 0 Å². The normalized spacial score (nSPS) is 22.1. The molecule has 2 heterocycles. The van der Waals surface area contributed by atoms with Crippen molar-refractivity contribution >= 4 is 0 Å². The first-order valence-electron chi connectivity index (χ1n) is 5.22. The quantitative estimate of drug-likeness (QED) is 0.739. The highest BCUT2D eigenvalue weighted by Gasteiger charge is 2.32. The molecule has 1 atom stereocenters. The highest BCUT2D eigenvalue weighted by molar-refractivity contribution is 5.18. The Balaban J connectivity index is 2.12. The van der Waals surface area contributed by atoms with E-state index in [1.54, 1.807) is 0 Å². The van der Waals surface area contributed by atoms with Crippen molar-refractivity contribution in [2.24, 2.45) is 0 Å². The Labute approximate surface area is 91.4 Å². The van der Waals surface area contributed by atoms with Gasteiger partial charge in [0.2, 0.25) is 0 Å². The molecule has 0 radical (unpaired) electrons. The summed E-state index contributed by atoms with van der Waals surface area (Å²) in [5.74, 6) is 0. The lowest BCUT2D eigenvalue weighted by Crippen LogP contribution is -2.13. The van der Waals surface area contributed by atoms with Crippen molar-refractivity contribution in [1.29, 1.82) is 0 Å². The Hall–Kier alpha value is -1.10. The minimum Gasteiger partial charge on any atom is -0.373 e. The van der Waals surface area contributed by atoms with Gasteiger partial charge in [0.25, 0.3) is 0 Å². The molecule has 0 saturated carbocycles. The van der Waals surface area contributed by atoms with Crippen LogP contribution in [0.15, 0.2) is 18.3 Å². The van der Waals surface area contributed by atoms with Crippen molar-refractivity contribution in [2.45, 2.75) is 31.5 Å². The fourth-order valence-electron chi connectivity index (χ4n) is 1.77. The molecule has 2 rings (SSSR count). The predicted molar refractivity (Wildman–Crippen MR) is 51.8 cm³/mol. The smallest absolute Gasteiger partial charge is 0.373 e. The van der Waals surface area contributed by atoms with E-state index < -0.39 is 11.9 Å². The molecule has 5 heteroatoms. The third-order valence-corrected chi connectivity index (χ3v) is 2.63. The van der Waals surface area contributed by atoms with Gasteiger partial charge in [-0.05, 0) is 30.9 Å². The molecule has 0 amide bonds. The number of pyridine rings is 1.